The average molecular weight is 426 g/mol. The van der Waals surface area contributed by atoms with Gasteiger partial charge in [0.25, 0.3) is 0 Å². The summed E-state index contributed by atoms with van der Waals surface area (Å²) in [6, 6.07) is 17.6. The number of ether oxygens (including phenoxy) is 2. The lowest BCUT2D eigenvalue weighted by molar-refractivity contribution is 0.284. The van der Waals surface area contributed by atoms with E-state index in [0.29, 0.717) is 24.5 Å². The molecule has 0 saturated carbocycles. The predicted molar refractivity (Wildman–Crippen MR) is 112 cm³/mol. The number of methoxy groups -OCH3 is 1. The molecule has 0 fully saturated rings. The lowest BCUT2D eigenvalue weighted by Crippen LogP contribution is -2.00. The van der Waals surface area contributed by atoms with E-state index in [-0.39, 0.29) is 0 Å². The van der Waals surface area contributed by atoms with Crippen LogP contribution in [0, 0.1) is 0 Å². The van der Waals surface area contributed by atoms with Crippen molar-refractivity contribution in [3.8, 4) is 11.5 Å². The highest BCUT2D eigenvalue weighted by Gasteiger charge is 2.10. The zero-order valence-corrected chi connectivity index (χ0v) is 16.5. The van der Waals surface area contributed by atoms with Gasteiger partial charge in [-0.05, 0) is 35.4 Å². The third-order valence-electron chi connectivity index (χ3n) is 3.85. The van der Waals surface area contributed by atoms with E-state index in [2.05, 4.69) is 31.4 Å². The smallest absolute Gasteiger partial charge is 0.162 e. The van der Waals surface area contributed by atoms with E-state index in [0.717, 1.165) is 21.3 Å². The van der Waals surface area contributed by atoms with Crippen LogP contribution in [0.15, 0.2) is 76.6 Å². The number of aromatic nitrogens is 1. The molecule has 0 amide bonds. The average Bonchev–Trinajstić information content (AvgIpc) is 2.72. The first kappa shape index (κ1) is 18.9. The molecular formula is C21H20BrN3O2. The minimum atomic E-state index is 0.486. The number of benzene rings is 2. The number of nitrogens with one attached hydrogen (secondary N) is 1. The van der Waals surface area contributed by atoms with Gasteiger partial charge in [-0.3, -0.25) is 10.4 Å². The molecule has 3 rings (SSSR count). The van der Waals surface area contributed by atoms with Gasteiger partial charge < -0.3 is 9.47 Å². The van der Waals surface area contributed by atoms with Crippen LogP contribution in [0.1, 0.15) is 11.1 Å². The topological polar surface area (TPSA) is 55.7 Å². The molecule has 6 heteroatoms. The Bertz CT molecular complexity index is 887. The fourth-order valence-electron chi connectivity index (χ4n) is 2.43. The quantitative estimate of drug-likeness (QED) is 0.404. The second-order valence-electron chi connectivity index (χ2n) is 5.73. The second kappa shape index (κ2) is 9.73. The van der Waals surface area contributed by atoms with Crippen LogP contribution < -0.4 is 14.9 Å². The van der Waals surface area contributed by atoms with Crippen LogP contribution >= 0.6 is 15.9 Å². The monoisotopic (exact) mass is 425 g/mol. The second-order valence-corrected chi connectivity index (χ2v) is 6.59. The Balaban J connectivity index is 1.64. The summed E-state index contributed by atoms with van der Waals surface area (Å²) >= 11 is 3.61. The summed E-state index contributed by atoms with van der Waals surface area (Å²) in [6.07, 6.45) is 5.89. The van der Waals surface area contributed by atoms with Crippen LogP contribution in [-0.4, -0.2) is 18.3 Å². The summed E-state index contributed by atoms with van der Waals surface area (Å²) in [4.78, 5) is 3.97. The lowest BCUT2D eigenvalue weighted by Gasteiger charge is -2.13. The van der Waals surface area contributed by atoms with Crippen LogP contribution in [0.3, 0.4) is 0 Å². The summed E-state index contributed by atoms with van der Waals surface area (Å²) in [5.74, 6) is 1.39. The van der Waals surface area contributed by atoms with Gasteiger partial charge in [-0.1, -0.05) is 46.3 Å². The van der Waals surface area contributed by atoms with E-state index in [9.17, 15) is 0 Å². The number of pyridine rings is 1. The molecule has 0 aliphatic heterocycles. The number of halogens is 1. The Kier molecular flexibility index (Phi) is 6.82. The maximum absolute atomic E-state index is 5.93. The minimum absolute atomic E-state index is 0.486. The van der Waals surface area contributed by atoms with Crippen LogP contribution in [0.4, 0.5) is 5.69 Å². The molecule has 1 heterocycles. The molecule has 0 bridgehead atoms. The van der Waals surface area contributed by atoms with E-state index >= 15 is 0 Å². The first-order valence-corrected chi connectivity index (χ1v) is 9.26. The molecule has 5 nitrogen and oxygen atoms in total. The number of rotatable bonds is 8. The Hall–Kier alpha value is -2.86. The third kappa shape index (κ3) is 5.56. The predicted octanol–water partition coefficient (Wildman–Crippen LogP) is 5.07. The normalized spacial score (nSPS) is 10.7. The molecule has 0 aliphatic rings. The van der Waals surface area contributed by atoms with Crippen molar-refractivity contribution in [3.63, 3.8) is 0 Å². The van der Waals surface area contributed by atoms with Gasteiger partial charge in [0.1, 0.15) is 6.61 Å². The zero-order valence-electron chi connectivity index (χ0n) is 14.9. The first-order valence-electron chi connectivity index (χ1n) is 8.47. The van der Waals surface area contributed by atoms with E-state index in [1.807, 2.05) is 60.8 Å². The van der Waals surface area contributed by atoms with Crippen molar-refractivity contribution >= 4 is 27.8 Å². The summed E-state index contributed by atoms with van der Waals surface area (Å²) < 4.78 is 12.4. The molecule has 0 spiro atoms. The Morgan fingerprint density at radius 2 is 1.85 bits per heavy atom. The number of hydrogen-bond acceptors (Lipinski definition) is 5. The van der Waals surface area contributed by atoms with Gasteiger partial charge >= 0.3 is 0 Å². The van der Waals surface area contributed by atoms with E-state index < -0.39 is 0 Å². The van der Waals surface area contributed by atoms with Crippen molar-refractivity contribution in [2.75, 3.05) is 12.5 Å². The van der Waals surface area contributed by atoms with Gasteiger partial charge in [-0.25, -0.2) is 0 Å². The highest BCUT2D eigenvalue weighted by molar-refractivity contribution is 9.10. The molecule has 0 aliphatic carbocycles. The van der Waals surface area contributed by atoms with Crippen molar-refractivity contribution in [1.29, 1.82) is 0 Å². The first-order chi connectivity index (χ1) is 13.3. The molecule has 0 saturated heterocycles. The molecule has 27 heavy (non-hydrogen) atoms. The minimum Gasteiger partial charge on any atom is -0.493 e. The van der Waals surface area contributed by atoms with Crippen molar-refractivity contribution in [2.24, 2.45) is 5.10 Å². The number of anilines is 1. The molecule has 1 N–H and O–H groups in total. The summed E-state index contributed by atoms with van der Waals surface area (Å²) in [6.45, 7) is 0.486. The van der Waals surface area contributed by atoms with Gasteiger partial charge in [-0.2, -0.15) is 5.10 Å². The summed E-state index contributed by atoms with van der Waals surface area (Å²) in [7, 11) is 1.64. The number of nitrogens with zero attached hydrogens (tertiary/aromatic N) is 2. The van der Waals surface area contributed by atoms with Crippen LogP contribution in [0.5, 0.6) is 11.5 Å². The Morgan fingerprint density at radius 3 is 2.59 bits per heavy atom. The molecule has 3 aromatic rings. The van der Waals surface area contributed by atoms with Gasteiger partial charge in [-0.15, -0.1) is 0 Å². The molecule has 0 radical (unpaired) electrons. The largest absolute Gasteiger partial charge is 0.493 e. The lowest BCUT2D eigenvalue weighted by atomic mass is 10.1. The molecule has 1 aromatic heterocycles. The molecule has 2 aromatic carbocycles. The molecule has 0 atom stereocenters. The summed E-state index contributed by atoms with van der Waals surface area (Å²) in [5.41, 5.74) is 6.02. The van der Waals surface area contributed by atoms with Gasteiger partial charge in [0.15, 0.2) is 11.5 Å². The number of hydrazone groups is 1. The van der Waals surface area contributed by atoms with Crippen LogP contribution in [0.25, 0.3) is 0 Å². The van der Waals surface area contributed by atoms with E-state index in [1.54, 1.807) is 19.5 Å². The van der Waals surface area contributed by atoms with Crippen molar-refractivity contribution in [3.05, 3.63) is 82.6 Å². The van der Waals surface area contributed by atoms with Gasteiger partial charge in [0, 0.05) is 29.5 Å². The van der Waals surface area contributed by atoms with Crippen molar-refractivity contribution < 1.29 is 9.47 Å². The Labute approximate surface area is 167 Å². The van der Waals surface area contributed by atoms with Crippen LogP contribution in [-0.2, 0) is 13.0 Å². The highest BCUT2D eigenvalue weighted by Crippen LogP contribution is 2.34. The zero-order chi connectivity index (χ0) is 18.9. The fraction of sp³-hybridized carbons (Fsp3) is 0.143. The Morgan fingerprint density at radius 1 is 1.07 bits per heavy atom. The summed E-state index contributed by atoms with van der Waals surface area (Å²) in [5, 5.41) is 4.24. The van der Waals surface area contributed by atoms with Crippen molar-refractivity contribution in [2.45, 2.75) is 13.0 Å². The maximum atomic E-state index is 5.93. The standard InChI is InChI=1S/C21H20BrN3O2/c1-26-20-13-17(7-12-24-25-18-8-10-23-11-9-18)19(22)14-21(20)27-15-16-5-3-2-4-6-16/h2-6,8-14H,7,15H2,1H3,(H,23,25)/b24-12+. The van der Waals surface area contributed by atoms with Crippen LogP contribution in [0.2, 0.25) is 0 Å². The maximum Gasteiger partial charge on any atom is 0.162 e. The SMILES string of the molecule is COc1cc(C/C=N/Nc2ccncc2)c(Br)cc1OCc1ccccc1. The van der Waals surface area contributed by atoms with E-state index in [1.165, 1.54) is 0 Å². The van der Waals surface area contributed by atoms with Gasteiger partial charge in [0.2, 0.25) is 0 Å². The molecular weight excluding hydrogens is 406 g/mol. The fourth-order valence-corrected chi connectivity index (χ4v) is 2.92. The molecule has 138 valence electrons. The number of hydrogen-bond donors (Lipinski definition) is 1. The third-order valence-corrected chi connectivity index (χ3v) is 4.58. The van der Waals surface area contributed by atoms with Crippen molar-refractivity contribution in [1.82, 2.24) is 4.98 Å². The van der Waals surface area contributed by atoms with E-state index in [4.69, 9.17) is 9.47 Å². The highest BCUT2D eigenvalue weighted by atomic mass is 79.9. The molecule has 0 unspecified atom stereocenters. The van der Waals surface area contributed by atoms with Gasteiger partial charge in [0.05, 0.1) is 12.8 Å².